The Hall–Kier alpha value is -0.240. The summed E-state index contributed by atoms with van der Waals surface area (Å²) in [5.41, 5.74) is 0. The zero-order chi connectivity index (χ0) is 12.6. The van der Waals surface area contributed by atoms with Crippen LogP contribution in [0.15, 0.2) is 0 Å². The van der Waals surface area contributed by atoms with E-state index in [1.165, 1.54) is 28.4 Å². The van der Waals surface area contributed by atoms with Crippen LogP contribution in [0.5, 0.6) is 0 Å². The van der Waals surface area contributed by atoms with Gasteiger partial charge in [-0.1, -0.05) is 0 Å². The first kappa shape index (κ1) is 15.8. The van der Waals surface area contributed by atoms with Crippen LogP contribution in [0, 0.1) is 0 Å². The first-order valence-electron chi connectivity index (χ1n) is 5.01. The Labute approximate surface area is 96.1 Å². The lowest BCUT2D eigenvalue weighted by atomic mass is 10.0. The molecular formula is C10H22O6. The lowest BCUT2D eigenvalue weighted by Gasteiger charge is -2.29. The maximum absolute atomic E-state index is 9.85. The third-order valence-corrected chi connectivity index (χ3v) is 2.38. The maximum Gasteiger partial charge on any atom is 0.111 e. The number of aliphatic hydroxyl groups excluding tert-OH is 2. The number of hydrogen-bond donors (Lipinski definition) is 2. The minimum Gasteiger partial charge on any atom is -0.388 e. The van der Waals surface area contributed by atoms with Crippen LogP contribution in [-0.4, -0.2) is 76.3 Å². The molecule has 16 heavy (non-hydrogen) atoms. The largest absolute Gasteiger partial charge is 0.388 e. The molecular weight excluding hydrogens is 216 g/mol. The normalized spacial score (nSPS) is 19.1. The summed E-state index contributed by atoms with van der Waals surface area (Å²) in [4.78, 5) is 0. The van der Waals surface area contributed by atoms with Crippen LogP contribution in [0.1, 0.15) is 0 Å². The van der Waals surface area contributed by atoms with Crippen molar-refractivity contribution in [3.8, 4) is 0 Å². The molecule has 2 N–H and O–H groups in total. The predicted molar refractivity (Wildman–Crippen MR) is 57.4 cm³/mol. The molecule has 0 saturated carbocycles. The number of methoxy groups -OCH3 is 4. The molecule has 0 radical (unpaired) electrons. The van der Waals surface area contributed by atoms with E-state index in [2.05, 4.69) is 0 Å². The molecule has 0 aliphatic heterocycles. The Bertz CT molecular complexity index is 147. The number of aliphatic hydroxyl groups is 2. The van der Waals surface area contributed by atoms with Crippen LogP contribution in [0.2, 0.25) is 0 Å². The van der Waals surface area contributed by atoms with Gasteiger partial charge >= 0.3 is 0 Å². The zero-order valence-corrected chi connectivity index (χ0v) is 10.3. The van der Waals surface area contributed by atoms with Crippen molar-refractivity contribution < 1.29 is 29.2 Å². The van der Waals surface area contributed by atoms with Gasteiger partial charge in [0.25, 0.3) is 0 Å². The SMILES string of the molecule is COC[C@@H](OC)[C@@H](O)[C@H](O)[C@@H](COC)OC. The molecule has 0 aromatic rings. The summed E-state index contributed by atoms with van der Waals surface area (Å²) in [6.07, 6.45) is -3.39. The fraction of sp³-hybridized carbons (Fsp3) is 1.00. The third-order valence-electron chi connectivity index (χ3n) is 2.38. The van der Waals surface area contributed by atoms with E-state index in [1.807, 2.05) is 0 Å². The maximum atomic E-state index is 9.85. The second kappa shape index (κ2) is 8.86. The second-order valence-corrected chi connectivity index (χ2v) is 3.44. The molecule has 0 aromatic heterocycles. The molecule has 98 valence electrons. The van der Waals surface area contributed by atoms with Gasteiger partial charge in [-0.25, -0.2) is 0 Å². The summed E-state index contributed by atoms with van der Waals surface area (Å²) < 4.78 is 19.8. The van der Waals surface area contributed by atoms with E-state index in [4.69, 9.17) is 18.9 Å². The van der Waals surface area contributed by atoms with Gasteiger partial charge in [0.15, 0.2) is 0 Å². The van der Waals surface area contributed by atoms with E-state index in [0.717, 1.165) is 0 Å². The van der Waals surface area contributed by atoms with Crippen molar-refractivity contribution in [1.29, 1.82) is 0 Å². The molecule has 0 aliphatic rings. The molecule has 0 aromatic carbocycles. The highest BCUT2D eigenvalue weighted by Crippen LogP contribution is 2.10. The molecule has 0 amide bonds. The first-order valence-corrected chi connectivity index (χ1v) is 5.01. The molecule has 0 heterocycles. The fourth-order valence-electron chi connectivity index (χ4n) is 1.38. The van der Waals surface area contributed by atoms with Gasteiger partial charge in [0, 0.05) is 28.4 Å². The fourth-order valence-corrected chi connectivity index (χ4v) is 1.38. The summed E-state index contributed by atoms with van der Waals surface area (Å²) in [5.74, 6) is 0. The highest BCUT2D eigenvalue weighted by molar-refractivity contribution is 4.82. The lowest BCUT2D eigenvalue weighted by Crippen LogP contribution is -2.48. The summed E-state index contributed by atoms with van der Waals surface area (Å²) >= 11 is 0. The van der Waals surface area contributed by atoms with Crippen LogP contribution in [0.4, 0.5) is 0 Å². The molecule has 0 aliphatic carbocycles. The Morgan fingerprint density at radius 2 is 1.06 bits per heavy atom. The van der Waals surface area contributed by atoms with E-state index in [0.29, 0.717) is 0 Å². The van der Waals surface area contributed by atoms with Crippen LogP contribution in [-0.2, 0) is 18.9 Å². The molecule has 0 rings (SSSR count). The first-order chi connectivity index (χ1) is 7.62. The molecule has 6 heteroatoms. The van der Waals surface area contributed by atoms with Crippen molar-refractivity contribution in [2.75, 3.05) is 41.7 Å². The third kappa shape index (κ3) is 4.73. The van der Waals surface area contributed by atoms with Crippen LogP contribution in [0.25, 0.3) is 0 Å². The minimum atomic E-state index is -1.09. The average molecular weight is 238 g/mol. The molecule has 4 atom stereocenters. The number of hydrogen-bond acceptors (Lipinski definition) is 6. The van der Waals surface area contributed by atoms with Crippen molar-refractivity contribution in [1.82, 2.24) is 0 Å². The Kier molecular flexibility index (Phi) is 8.73. The number of rotatable bonds is 9. The van der Waals surface area contributed by atoms with Crippen molar-refractivity contribution in [2.45, 2.75) is 24.4 Å². The summed E-state index contributed by atoms with van der Waals surface area (Å²) in [5, 5.41) is 19.7. The molecule has 6 nitrogen and oxygen atoms in total. The predicted octanol–water partition coefficient (Wildman–Crippen LogP) is -0.969. The van der Waals surface area contributed by atoms with Gasteiger partial charge in [0.05, 0.1) is 13.2 Å². The molecule has 0 fully saturated rings. The van der Waals surface area contributed by atoms with Gasteiger partial charge in [-0.15, -0.1) is 0 Å². The van der Waals surface area contributed by atoms with Crippen molar-refractivity contribution in [3.05, 3.63) is 0 Å². The molecule has 0 spiro atoms. The van der Waals surface area contributed by atoms with Crippen LogP contribution >= 0.6 is 0 Å². The number of ether oxygens (including phenoxy) is 4. The van der Waals surface area contributed by atoms with E-state index >= 15 is 0 Å². The highest BCUT2D eigenvalue weighted by Gasteiger charge is 2.32. The smallest absolute Gasteiger partial charge is 0.111 e. The van der Waals surface area contributed by atoms with Crippen molar-refractivity contribution >= 4 is 0 Å². The standard InChI is InChI=1S/C10H22O6/c1-13-5-7(15-3)9(11)10(12)8(16-4)6-14-2/h7-12H,5-6H2,1-4H3/t7-,8-,9-,10-/m1/s1. The summed E-state index contributed by atoms with van der Waals surface area (Å²) in [6, 6.07) is 0. The Morgan fingerprint density at radius 3 is 1.25 bits per heavy atom. The van der Waals surface area contributed by atoms with Gasteiger partial charge in [0.1, 0.15) is 24.4 Å². The van der Waals surface area contributed by atoms with E-state index in [-0.39, 0.29) is 13.2 Å². The van der Waals surface area contributed by atoms with Gasteiger partial charge < -0.3 is 29.2 Å². The average Bonchev–Trinajstić information content (AvgIpc) is 2.31. The van der Waals surface area contributed by atoms with Crippen molar-refractivity contribution in [2.24, 2.45) is 0 Å². The van der Waals surface area contributed by atoms with Crippen LogP contribution in [0.3, 0.4) is 0 Å². The lowest BCUT2D eigenvalue weighted by molar-refractivity contribution is -0.145. The topological polar surface area (TPSA) is 77.4 Å². The van der Waals surface area contributed by atoms with Gasteiger partial charge in [-0.2, -0.15) is 0 Å². The molecule has 0 unspecified atom stereocenters. The minimum absolute atomic E-state index is 0.193. The van der Waals surface area contributed by atoms with Crippen LogP contribution < -0.4 is 0 Å². The van der Waals surface area contributed by atoms with E-state index in [1.54, 1.807) is 0 Å². The Morgan fingerprint density at radius 1 is 0.750 bits per heavy atom. The Balaban J connectivity index is 4.35. The van der Waals surface area contributed by atoms with Crippen molar-refractivity contribution in [3.63, 3.8) is 0 Å². The zero-order valence-electron chi connectivity index (χ0n) is 10.3. The van der Waals surface area contributed by atoms with Gasteiger partial charge in [-0.3, -0.25) is 0 Å². The monoisotopic (exact) mass is 238 g/mol. The quantitative estimate of drug-likeness (QED) is 0.538. The van der Waals surface area contributed by atoms with Gasteiger partial charge in [-0.05, 0) is 0 Å². The van der Waals surface area contributed by atoms with E-state index in [9.17, 15) is 10.2 Å². The molecule has 0 bridgehead atoms. The van der Waals surface area contributed by atoms with E-state index < -0.39 is 24.4 Å². The highest BCUT2D eigenvalue weighted by atomic mass is 16.5. The second-order valence-electron chi connectivity index (χ2n) is 3.44. The van der Waals surface area contributed by atoms with Gasteiger partial charge in [0.2, 0.25) is 0 Å². The summed E-state index contributed by atoms with van der Waals surface area (Å²) in [6.45, 7) is 0.385. The summed E-state index contributed by atoms with van der Waals surface area (Å²) in [7, 11) is 5.87. The molecule has 0 saturated heterocycles.